The average molecular weight is 482 g/mol. The van der Waals surface area contributed by atoms with Crippen LogP contribution in [0, 0.1) is 0 Å². The van der Waals surface area contributed by atoms with E-state index < -0.39 is 0 Å². The molecule has 9 heteroatoms. The van der Waals surface area contributed by atoms with E-state index >= 15 is 0 Å². The Morgan fingerprint density at radius 1 is 1.14 bits per heavy atom. The first kappa shape index (κ1) is 22.2. The number of pyridine rings is 1. The number of hydrogen-bond acceptors (Lipinski definition) is 6. The maximum atomic E-state index is 13.4. The summed E-state index contributed by atoms with van der Waals surface area (Å²) >= 11 is 0. The van der Waals surface area contributed by atoms with Gasteiger partial charge in [0.05, 0.1) is 12.2 Å². The van der Waals surface area contributed by atoms with Crippen molar-refractivity contribution in [1.29, 1.82) is 0 Å². The van der Waals surface area contributed by atoms with Gasteiger partial charge in [-0.1, -0.05) is 18.2 Å². The van der Waals surface area contributed by atoms with Crippen molar-refractivity contribution < 1.29 is 9.59 Å². The van der Waals surface area contributed by atoms with E-state index in [0.29, 0.717) is 17.8 Å². The topological polar surface area (TPSA) is 96.2 Å². The second kappa shape index (κ2) is 9.07. The summed E-state index contributed by atoms with van der Waals surface area (Å²) in [7, 11) is 0. The number of amides is 2. The fraction of sp³-hybridized carbons (Fsp3) is 0.296. The molecule has 0 aliphatic carbocycles. The van der Waals surface area contributed by atoms with E-state index in [1.54, 1.807) is 12.3 Å². The van der Waals surface area contributed by atoms with Crippen LogP contribution in [0.25, 0.3) is 10.9 Å². The van der Waals surface area contributed by atoms with E-state index in [0.717, 1.165) is 60.4 Å². The lowest BCUT2D eigenvalue weighted by molar-refractivity contribution is 0.103. The summed E-state index contributed by atoms with van der Waals surface area (Å²) in [5, 5.41) is 3.91. The molecule has 1 fully saturated rings. The number of aromatic nitrogens is 4. The number of aryl methyl sites for hydroxylation is 1. The first-order valence-electron chi connectivity index (χ1n) is 12.3. The van der Waals surface area contributed by atoms with Crippen LogP contribution in [0.3, 0.4) is 0 Å². The lowest BCUT2D eigenvalue weighted by atomic mass is 10.0. The Kier molecular flexibility index (Phi) is 5.59. The van der Waals surface area contributed by atoms with E-state index in [4.69, 9.17) is 0 Å². The van der Waals surface area contributed by atoms with Crippen LogP contribution in [-0.2, 0) is 13.1 Å². The van der Waals surface area contributed by atoms with Gasteiger partial charge in [-0.05, 0) is 31.9 Å². The van der Waals surface area contributed by atoms with Crippen molar-refractivity contribution in [3.8, 4) is 0 Å². The van der Waals surface area contributed by atoms with Gasteiger partial charge in [-0.15, -0.1) is 0 Å². The molecule has 4 aromatic rings. The van der Waals surface area contributed by atoms with Crippen molar-refractivity contribution >= 4 is 34.2 Å². The molecule has 9 nitrogen and oxygen atoms in total. The van der Waals surface area contributed by atoms with E-state index in [1.807, 2.05) is 47.6 Å². The predicted octanol–water partition coefficient (Wildman–Crippen LogP) is 4.09. The molecule has 2 amide bonds. The molecule has 2 aliphatic rings. The Balaban J connectivity index is 1.18. The molecule has 1 aromatic carbocycles. The smallest absolute Gasteiger partial charge is 0.322 e. The zero-order valence-corrected chi connectivity index (χ0v) is 20.1. The summed E-state index contributed by atoms with van der Waals surface area (Å²) in [4.78, 5) is 43.2. The van der Waals surface area contributed by atoms with Crippen LogP contribution in [0.1, 0.15) is 41.4 Å². The molecule has 0 unspecified atom stereocenters. The molecule has 0 spiro atoms. The number of carbonyl (C=O) groups excluding carboxylic acids is 2. The third-order valence-electron chi connectivity index (χ3n) is 7.24. The normalized spacial score (nSPS) is 16.2. The van der Waals surface area contributed by atoms with Gasteiger partial charge in [0.2, 0.25) is 5.78 Å². The Morgan fingerprint density at radius 2 is 1.97 bits per heavy atom. The van der Waals surface area contributed by atoms with Gasteiger partial charge in [0.25, 0.3) is 0 Å². The summed E-state index contributed by atoms with van der Waals surface area (Å²) < 4.78 is 2.08. The minimum atomic E-state index is -0.103. The maximum Gasteiger partial charge on any atom is 0.322 e. The highest BCUT2D eigenvalue weighted by Gasteiger charge is 2.32. The predicted molar refractivity (Wildman–Crippen MR) is 137 cm³/mol. The number of anilines is 2. The molecule has 6 rings (SSSR count). The van der Waals surface area contributed by atoms with Crippen LogP contribution in [0.4, 0.5) is 16.3 Å². The molecule has 182 valence electrons. The standard InChI is InChI=1S/C27H27N7O2/c1-2-32-16-21(20-5-3-4-6-24(20)32)26(35)23-13-25(30-17-29-23)33-11-8-19(9-12-33)34-15-18-14-28-10-7-22(18)31-27(34)36/h3-7,10,13-14,16-17,19H,2,8-9,11-12,15H2,1H3,(H,31,36). The van der Waals surface area contributed by atoms with Gasteiger partial charge in [0.1, 0.15) is 17.8 Å². The van der Waals surface area contributed by atoms with Crippen molar-refractivity contribution in [1.82, 2.24) is 24.4 Å². The monoisotopic (exact) mass is 481 g/mol. The van der Waals surface area contributed by atoms with Gasteiger partial charge < -0.3 is 19.7 Å². The van der Waals surface area contributed by atoms with Crippen LogP contribution in [0.2, 0.25) is 0 Å². The van der Waals surface area contributed by atoms with Crippen LogP contribution in [0.15, 0.2) is 61.3 Å². The van der Waals surface area contributed by atoms with Gasteiger partial charge >= 0.3 is 6.03 Å². The Bertz CT molecular complexity index is 1460. The first-order valence-corrected chi connectivity index (χ1v) is 12.3. The van der Waals surface area contributed by atoms with Crippen molar-refractivity contribution in [2.24, 2.45) is 0 Å². The third-order valence-corrected chi connectivity index (χ3v) is 7.24. The summed E-state index contributed by atoms with van der Waals surface area (Å²) in [6.07, 6.45) is 8.53. The van der Waals surface area contributed by atoms with Crippen molar-refractivity contribution in [3.63, 3.8) is 0 Å². The van der Waals surface area contributed by atoms with Gasteiger partial charge in [0.15, 0.2) is 0 Å². The molecule has 3 aromatic heterocycles. The maximum absolute atomic E-state index is 13.4. The van der Waals surface area contributed by atoms with E-state index in [9.17, 15) is 9.59 Å². The number of urea groups is 1. The molecule has 1 N–H and O–H groups in total. The lowest BCUT2D eigenvalue weighted by Gasteiger charge is -2.40. The number of nitrogens with one attached hydrogen (secondary N) is 1. The summed E-state index contributed by atoms with van der Waals surface area (Å²) in [5.74, 6) is 0.637. The average Bonchev–Trinajstić information content (AvgIpc) is 3.31. The highest BCUT2D eigenvalue weighted by Crippen LogP contribution is 2.29. The van der Waals surface area contributed by atoms with Gasteiger partial charge in [0, 0.05) is 72.4 Å². The number of hydrogen-bond donors (Lipinski definition) is 1. The van der Waals surface area contributed by atoms with Gasteiger partial charge in [-0.3, -0.25) is 9.78 Å². The molecular weight excluding hydrogens is 454 g/mol. The molecule has 2 aliphatic heterocycles. The van der Waals surface area contributed by atoms with Crippen molar-refractivity contribution in [2.45, 2.75) is 38.9 Å². The minimum absolute atomic E-state index is 0.0617. The SMILES string of the molecule is CCn1cc(C(=O)c2cc(N3CCC(N4Cc5cnccc5NC4=O)CC3)ncn2)c2ccccc21. The second-order valence-corrected chi connectivity index (χ2v) is 9.25. The molecule has 0 radical (unpaired) electrons. The number of carbonyl (C=O) groups is 2. The number of benzene rings is 1. The Labute approximate surface area is 208 Å². The molecule has 0 bridgehead atoms. The quantitative estimate of drug-likeness (QED) is 0.431. The number of nitrogens with zero attached hydrogens (tertiary/aromatic N) is 6. The van der Waals surface area contributed by atoms with E-state index in [-0.39, 0.29) is 17.9 Å². The molecule has 36 heavy (non-hydrogen) atoms. The highest BCUT2D eigenvalue weighted by molar-refractivity contribution is 6.15. The Hall–Kier alpha value is -4.27. The third kappa shape index (κ3) is 3.86. The summed E-state index contributed by atoms with van der Waals surface area (Å²) in [6, 6.07) is 11.6. The van der Waals surface area contributed by atoms with Gasteiger partial charge in [-0.2, -0.15) is 0 Å². The highest BCUT2D eigenvalue weighted by atomic mass is 16.2. The van der Waals surface area contributed by atoms with Crippen LogP contribution >= 0.6 is 0 Å². The fourth-order valence-corrected chi connectivity index (χ4v) is 5.29. The molecule has 0 saturated carbocycles. The first-order chi connectivity index (χ1) is 17.6. The van der Waals surface area contributed by atoms with E-state index in [1.165, 1.54) is 6.33 Å². The molecular formula is C27H27N7O2. The van der Waals surface area contributed by atoms with Crippen LogP contribution < -0.4 is 10.2 Å². The summed E-state index contributed by atoms with van der Waals surface area (Å²) in [6.45, 7) is 4.91. The molecule has 0 atom stereocenters. The molecule has 5 heterocycles. The number of rotatable bonds is 5. The second-order valence-electron chi connectivity index (χ2n) is 9.25. The van der Waals surface area contributed by atoms with Crippen molar-refractivity contribution in [3.05, 3.63) is 78.1 Å². The fourth-order valence-electron chi connectivity index (χ4n) is 5.29. The zero-order chi connectivity index (χ0) is 24.6. The van der Waals surface area contributed by atoms with Crippen molar-refractivity contribution in [2.75, 3.05) is 23.3 Å². The minimum Gasteiger partial charge on any atom is -0.356 e. The Morgan fingerprint density at radius 3 is 2.81 bits per heavy atom. The van der Waals surface area contributed by atoms with Crippen LogP contribution in [0.5, 0.6) is 0 Å². The zero-order valence-electron chi connectivity index (χ0n) is 20.1. The lowest BCUT2D eigenvalue weighted by Crippen LogP contribution is -2.50. The molecule has 1 saturated heterocycles. The largest absolute Gasteiger partial charge is 0.356 e. The van der Waals surface area contributed by atoms with Crippen LogP contribution in [-0.4, -0.2) is 55.4 Å². The number of piperidine rings is 1. The summed E-state index contributed by atoms with van der Waals surface area (Å²) in [5.41, 5.74) is 3.95. The number of para-hydroxylation sites is 1. The number of fused-ring (bicyclic) bond motifs is 2. The van der Waals surface area contributed by atoms with E-state index in [2.05, 4.69) is 36.7 Å². The number of ketones is 1. The van der Waals surface area contributed by atoms with Gasteiger partial charge in [-0.25, -0.2) is 14.8 Å².